The van der Waals surface area contributed by atoms with E-state index in [1.54, 1.807) is 32.9 Å². The molecule has 1 aromatic rings. The molecular weight excluding hydrogens is 224 g/mol. The van der Waals surface area contributed by atoms with Crippen LogP contribution in [0.15, 0.2) is 23.1 Å². The molecule has 1 atom stereocenters. The summed E-state index contributed by atoms with van der Waals surface area (Å²) in [6.45, 7) is 4.94. The Morgan fingerprint density at radius 2 is 2.00 bits per heavy atom. The van der Waals surface area contributed by atoms with Gasteiger partial charge in [0.2, 0.25) is 0 Å². The molecule has 0 radical (unpaired) electrons. The first-order chi connectivity index (χ1) is 7.24. The van der Waals surface area contributed by atoms with Gasteiger partial charge in [0, 0.05) is 5.56 Å². The van der Waals surface area contributed by atoms with Crippen LogP contribution in [0.1, 0.15) is 31.9 Å². The number of benzene rings is 1. The minimum atomic E-state index is -3.26. The van der Waals surface area contributed by atoms with E-state index in [2.05, 4.69) is 0 Å². The summed E-state index contributed by atoms with van der Waals surface area (Å²) < 4.78 is 24.3. The lowest BCUT2D eigenvalue weighted by molar-refractivity contribution is 0.0755. The summed E-state index contributed by atoms with van der Waals surface area (Å²) in [6, 6.07) is 5.32. The molecule has 1 aromatic carbocycles. The zero-order valence-corrected chi connectivity index (χ0v) is 10.5. The lowest BCUT2D eigenvalue weighted by Crippen LogP contribution is -2.21. The Balaban J connectivity index is 2.77. The molecule has 0 amide bonds. The molecule has 0 bridgehead atoms. The third kappa shape index (κ3) is 1.57. The SMILES string of the molecule is CC1Cc2cccc(C(C)(C)O)c2S1(=O)=O. The molecule has 0 saturated heterocycles. The summed E-state index contributed by atoms with van der Waals surface area (Å²) in [5.41, 5.74) is 0.212. The van der Waals surface area contributed by atoms with E-state index in [-0.39, 0.29) is 5.25 Å². The monoisotopic (exact) mass is 240 g/mol. The molecule has 0 spiro atoms. The van der Waals surface area contributed by atoms with Gasteiger partial charge in [0.05, 0.1) is 15.7 Å². The fourth-order valence-electron chi connectivity index (χ4n) is 2.18. The Morgan fingerprint density at radius 1 is 1.38 bits per heavy atom. The first-order valence-electron chi connectivity index (χ1n) is 5.33. The number of rotatable bonds is 1. The fourth-order valence-corrected chi connectivity index (χ4v) is 4.13. The van der Waals surface area contributed by atoms with E-state index in [1.165, 1.54) is 0 Å². The van der Waals surface area contributed by atoms with Gasteiger partial charge in [-0.15, -0.1) is 0 Å². The molecule has 3 nitrogen and oxygen atoms in total. The zero-order chi connectivity index (χ0) is 12.1. The Bertz CT molecular complexity index is 524. The van der Waals surface area contributed by atoms with Gasteiger partial charge in [-0.2, -0.15) is 0 Å². The van der Waals surface area contributed by atoms with Crippen LogP contribution >= 0.6 is 0 Å². The van der Waals surface area contributed by atoms with E-state index < -0.39 is 15.4 Å². The molecule has 1 aliphatic rings. The van der Waals surface area contributed by atoms with E-state index in [0.29, 0.717) is 16.9 Å². The van der Waals surface area contributed by atoms with Gasteiger partial charge in [0.15, 0.2) is 9.84 Å². The zero-order valence-electron chi connectivity index (χ0n) is 9.69. The van der Waals surface area contributed by atoms with Gasteiger partial charge in [-0.1, -0.05) is 18.2 Å². The molecular formula is C12H16O3S. The van der Waals surface area contributed by atoms with Gasteiger partial charge in [0.1, 0.15) is 0 Å². The third-order valence-corrected chi connectivity index (χ3v) is 5.35. The van der Waals surface area contributed by atoms with E-state index in [0.717, 1.165) is 5.56 Å². The van der Waals surface area contributed by atoms with Crippen molar-refractivity contribution in [2.75, 3.05) is 0 Å². The maximum atomic E-state index is 12.1. The van der Waals surface area contributed by atoms with Crippen molar-refractivity contribution in [1.29, 1.82) is 0 Å². The highest BCUT2D eigenvalue weighted by Crippen LogP contribution is 2.37. The van der Waals surface area contributed by atoms with Crippen LogP contribution in [-0.2, 0) is 21.9 Å². The summed E-state index contributed by atoms with van der Waals surface area (Å²) in [5.74, 6) is 0. The van der Waals surface area contributed by atoms with Gasteiger partial charge in [-0.25, -0.2) is 8.42 Å². The number of fused-ring (bicyclic) bond motifs is 1. The van der Waals surface area contributed by atoms with Crippen molar-refractivity contribution < 1.29 is 13.5 Å². The summed E-state index contributed by atoms with van der Waals surface area (Å²) >= 11 is 0. The second-order valence-electron chi connectivity index (χ2n) is 4.91. The maximum Gasteiger partial charge on any atom is 0.181 e. The Labute approximate surface area is 96.0 Å². The van der Waals surface area contributed by atoms with E-state index >= 15 is 0 Å². The molecule has 1 heterocycles. The standard InChI is InChI=1S/C12H16O3S/c1-8-7-9-5-4-6-10(12(2,3)13)11(9)16(8,14)15/h4-6,8,13H,7H2,1-3H3. The Kier molecular flexibility index (Phi) is 2.40. The molecule has 0 aliphatic carbocycles. The Morgan fingerprint density at radius 3 is 2.56 bits per heavy atom. The van der Waals surface area contributed by atoms with E-state index in [9.17, 15) is 13.5 Å². The van der Waals surface area contributed by atoms with Gasteiger partial charge in [-0.05, 0) is 32.8 Å². The van der Waals surface area contributed by atoms with Crippen LogP contribution in [0.2, 0.25) is 0 Å². The summed E-state index contributed by atoms with van der Waals surface area (Å²) in [7, 11) is -3.26. The molecule has 4 heteroatoms. The summed E-state index contributed by atoms with van der Waals surface area (Å²) in [5, 5.41) is 9.62. The van der Waals surface area contributed by atoms with Gasteiger partial charge in [-0.3, -0.25) is 0 Å². The lowest BCUT2D eigenvalue weighted by Gasteiger charge is -2.21. The molecule has 0 aromatic heterocycles. The predicted octanol–water partition coefficient (Wildman–Crippen LogP) is 1.63. The van der Waals surface area contributed by atoms with Crippen LogP contribution in [0.3, 0.4) is 0 Å². The molecule has 16 heavy (non-hydrogen) atoms. The van der Waals surface area contributed by atoms with Crippen LogP contribution in [0.25, 0.3) is 0 Å². The quantitative estimate of drug-likeness (QED) is 0.811. The Hall–Kier alpha value is -0.870. The van der Waals surface area contributed by atoms with Gasteiger partial charge >= 0.3 is 0 Å². The van der Waals surface area contributed by atoms with Crippen molar-refractivity contribution in [3.8, 4) is 0 Å². The van der Waals surface area contributed by atoms with Crippen LogP contribution < -0.4 is 0 Å². The van der Waals surface area contributed by atoms with Crippen LogP contribution in [-0.4, -0.2) is 18.8 Å². The first kappa shape index (κ1) is 11.6. The average Bonchev–Trinajstić information content (AvgIpc) is 2.37. The second kappa shape index (κ2) is 3.31. The van der Waals surface area contributed by atoms with Crippen LogP contribution in [0, 0.1) is 0 Å². The minimum absolute atomic E-state index is 0.343. The number of hydrogen-bond donors (Lipinski definition) is 1. The van der Waals surface area contributed by atoms with Crippen molar-refractivity contribution in [2.24, 2.45) is 0 Å². The molecule has 0 saturated carbocycles. The predicted molar refractivity (Wildman–Crippen MR) is 62.0 cm³/mol. The normalized spacial score (nSPS) is 23.1. The molecule has 2 rings (SSSR count). The van der Waals surface area contributed by atoms with Crippen molar-refractivity contribution in [2.45, 2.75) is 42.9 Å². The maximum absolute atomic E-state index is 12.1. The number of hydrogen-bond acceptors (Lipinski definition) is 3. The summed E-state index contributed by atoms with van der Waals surface area (Å²) in [6.07, 6.45) is 0.543. The van der Waals surface area contributed by atoms with Gasteiger partial charge < -0.3 is 5.11 Å². The van der Waals surface area contributed by atoms with Gasteiger partial charge in [0.25, 0.3) is 0 Å². The average molecular weight is 240 g/mol. The van der Waals surface area contributed by atoms with E-state index in [1.807, 2.05) is 6.07 Å². The highest BCUT2D eigenvalue weighted by Gasteiger charge is 2.38. The molecule has 0 fully saturated rings. The van der Waals surface area contributed by atoms with Crippen molar-refractivity contribution in [3.63, 3.8) is 0 Å². The van der Waals surface area contributed by atoms with Crippen LogP contribution in [0.4, 0.5) is 0 Å². The van der Waals surface area contributed by atoms with Crippen LogP contribution in [0.5, 0.6) is 0 Å². The highest BCUT2D eigenvalue weighted by atomic mass is 32.2. The minimum Gasteiger partial charge on any atom is -0.386 e. The third-order valence-electron chi connectivity index (χ3n) is 3.08. The number of aliphatic hydroxyl groups is 1. The number of sulfone groups is 1. The molecule has 1 N–H and O–H groups in total. The topological polar surface area (TPSA) is 54.4 Å². The molecule has 1 unspecified atom stereocenters. The molecule has 1 aliphatic heterocycles. The lowest BCUT2D eigenvalue weighted by atomic mass is 9.95. The smallest absolute Gasteiger partial charge is 0.181 e. The fraction of sp³-hybridized carbons (Fsp3) is 0.500. The molecule has 88 valence electrons. The largest absolute Gasteiger partial charge is 0.386 e. The van der Waals surface area contributed by atoms with Crippen molar-refractivity contribution >= 4 is 9.84 Å². The van der Waals surface area contributed by atoms with E-state index in [4.69, 9.17) is 0 Å². The highest BCUT2D eigenvalue weighted by molar-refractivity contribution is 7.92. The van der Waals surface area contributed by atoms with Crippen molar-refractivity contribution in [3.05, 3.63) is 29.3 Å². The second-order valence-corrected chi connectivity index (χ2v) is 7.22. The van der Waals surface area contributed by atoms with Crippen molar-refractivity contribution in [1.82, 2.24) is 0 Å². The summed E-state index contributed by atoms with van der Waals surface area (Å²) in [4.78, 5) is 0.343. The first-order valence-corrected chi connectivity index (χ1v) is 6.88.